The molecule has 0 spiro atoms. The van der Waals surface area contributed by atoms with Gasteiger partial charge in [-0.05, 0) is 44.5 Å². The Kier molecular flexibility index (Phi) is 6.60. The Hall–Kier alpha value is -2.79. The van der Waals surface area contributed by atoms with Crippen molar-refractivity contribution in [2.24, 2.45) is 0 Å². The molecule has 3 rings (SSSR count). The van der Waals surface area contributed by atoms with Crippen LogP contribution >= 0.6 is 11.6 Å². The summed E-state index contributed by atoms with van der Waals surface area (Å²) in [6.07, 6.45) is 0. The molecule has 152 valence electrons. The van der Waals surface area contributed by atoms with Crippen LogP contribution < -0.4 is 10.2 Å². The Morgan fingerprint density at radius 2 is 1.79 bits per heavy atom. The van der Waals surface area contributed by atoms with E-state index in [0.29, 0.717) is 23.7 Å². The molecule has 3 aromatic rings. The van der Waals surface area contributed by atoms with Crippen LogP contribution in [0.1, 0.15) is 34.2 Å². The molecule has 1 atom stereocenters. The average Bonchev–Trinajstić information content (AvgIpc) is 3.00. The van der Waals surface area contributed by atoms with Gasteiger partial charge in [-0.15, -0.1) is 0 Å². The Morgan fingerprint density at radius 1 is 1.14 bits per heavy atom. The molecule has 1 aromatic heterocycles. The molecule has 29 heavy (non-hydrogen) atoms. The summed E-state index contributed by atoms with van der Waals surface area (Å²) < 4.78 is 1.84. The van der Waals surface area contributed by atoms with Crippen molar-refractivity contribution in [2.45, 2.75) is 33.4 Å². The molecule has 0 bridgehead atoms. The summed E-state index contributed by atoms with van der Waals surface area (Å²) in [6, 6.07) is 18.0. The smallest absolute Gasteiger partial charge is 0.255 e. The van der Waals surface area contributed by atoms with Gasteiger partial charge in [0.15, 0.2) is 0 Å². The number of aryl methyl sites for hydroxylation is 1. The zero-order valence-corrected chi connectivity index (χ0v) is 18.1. The quantitative estimate of drug-likeness (QED) is 0.625. The van der Waals surface area contributed by atoms with Crippen LogP contribution in [0.3, 0.4) is 0 Å². The predicted octanol–water partition coefficient (Wildman–Crippen LogP) is 4.46. The van der Waals surface area contributed by atoms with E-state index in [1.54, 1.807) is 0 Å². The summed E-state index contributed by atoms with van der Waals surface area (Å²) >= 11 is 6.28. The van der Waals surface area contributed by atoms with Gasteiger partial charge in [0.25, 0.3) is 5.91 Å². The molecule has 0 saturated heterocycles. The molecule has 5 nitrogen and oxygen atoms in total. The van der Waals surface area contributed by atoms with Gasteiger partial charge in [0, 0.05) is 36.0 Å². The van der Waals surface area contributed by atoms with Crippen LogP contribution in [0.4, 0.5) is 5.69 Å². The van der Waals surface area contributed by atoms with Crippen molar-refractivity contribution in [1.82, 2.24) is 15.1 Å². The van der Waals surface area contributed by atoms with E-state index in [0.717, 1.165) is 22.6 Å². The second kappa shape index (κ2) is 9.14. The maximum atomic E-state index is 12.9. The number of carbonyl (C=O) groups excluding carboxylic acids is 1. The number of para-hydroxylation sites is 1. The highest BCUT2D eigenvalue weighted by atomic mass is 35.5. The third kappa shape index (κ3) is 4.80. The molecule has 1 unspecified atom stereocenters. The molecular formula is C23H27ClN4O. The molecule has 6 heteroatoms. The molecule has 0 saturated carbocycles. The zero-order valence-electron chi connectivity index (χ0n) is 17.3. The van der Waals surface area contributed by atoms with Crippen molar-refractivity contribution in [2.75, 3.05) is 18.5 Å². The van der Waals surface area contributed by atoms with Crippen LogP contribution in [-0.2, 0) is 6.54 Å². The fraction of sp³-hybridized carbons (Fsp3) is 0.304. The van der Waals surface area contributed by atoms with Gasteiger partial charge < -0.3 is 10.2 Å². The Balaban J connectivity index is 1.68. The highest BCUT2D eigenvalue weighted by Crippen LogP contribution is 2.20. The summed E-state index contributed by atoms with van der Waals surface area (Å²) in [6.45, 7) is 6.95. The van der Waals surface area contributed by atoms with Crippen LogP contribution in [0, 0.1) is 13.8 Å². The van der Waals surface area contributed by atoms with Crippen LogP contribution in [-0.4, -0.2) is 35.3 Å². The summed E-state index contributed by atoms with van der Waals surface area (Å²) in [5, 5.41) is 8.32. The first-order valence-corrected chi connectivity index (χ1v) is 10.1. The number of anilines is 1. The number of nitrogens with one attached hydrogen (secondary N) is 1. The van der Waals surface area contributed by atoms with E-state index in [4.69, 9.17) is 11.6 Å². The van der Waals surface area contributed by atoms with Gasteiger partial charge in [-0.3, -0.25) is 9.48 Å². The molecule has 1 amide bonds. The predicted molar refractivity (Wildman–Crippen MR) is 119 cm³/mol. The number of rotatable bonds is 7. The Labute approximate surface area is 177 Å². The van der Waals surface area contributed by atoms with Gasteiger partial charge >= 0.3 is 0 Å². The monoisotopic (exact) mass is 410 g/mol. The molecule has 1 N–H and O–H groups in total. The minimum absolute atomic E-state index is 0.0984. The first-order chi connectivity index (χ1) is 13.9. The SMILES string of the molecule is Cc1nn(Cc2ccccc2Cl)c(C)c1C(=O)NCC(C)N(C)c1ccccc1. The first-order valence-electron chi connectivity index (χ1n) is 9.72. The van der Waals surface area contributed by atoms with Gasteiger partial charge in [0.2, 0.25) is 0 Å². The molecule has 2 aromatic carbocycles. The van der Waals surface area contributed by atoms with Crippen molar-refractivity contribution in [3.8, 4) is 0 Å². The van der Waals surface area contributed by atoms with E-state index in [2.05, 4.69) is 34.4 Å². The number of carbonyl (C=O) groups is 1. The van der Waals surface area contributed by atoms with Gasteiger partial charge in [-0.2, -0.15) is 5.10 Å². The van der Waals surface area contributed by atoms with Gasteiger partial charge in [0.1, 0.15) is 0 Å². The number of halogens is 1. The number of amides is 1. The van der Waals surface area contributed by atoms with Gasteiger partial charge in [-0.1, -0.05) is 48.0 Å². The topological polar surface area (TPSA) is 50.2 Å². The molecule has 1 heterocycles. The second-order valence-corrected chi connectivity index (χ2v) is 7.71. The summed E-state index contributed by atoms with van der Waals surface area (Å²) in [5.74, 6) is -0.0984. The lowest BCUT2D eigenvalue weighted by Crippen LogP contribution is -2.40. The zero-order chi connectivity index (χ0) is 21.0. The Bertz CT molecular complexity index is 984. The van der Waals surface area contributed by atoms with E-state index in [9.17, 15) is 4.79 Å². The number of likely N-dealkylation sites (N-methyl/N-ethyl adjacent to an activating group) is 1. The number of hydrogen-bond acceptors (Lipinski definition) is 3. The fourth-order valence-electron chi connectivity index (χ4n) is 3.35. The molecule has 0 fully saturated rings. The lowest BCUT2D eigenvalue weighted by atomic mass is 10.1. The number of benzene rings is 2. The second-order valence-electron chi connectivity index (χ2n) is 7.30. The minimum Gasteiger partial charge on any atom is -0.370 e. The van der Waals surface area contributed by atoms with E-state index >= 15 is 0 Å². The van der Waals surface area contributed by atoms with Crippen LogP contribution in [0.25, 0.3) is 0 Å². The number of nitrogens with zero attached hydrogens (tertiary/aromatic N) is 3. The highest BCUT2D eigenvalue weighted by molar-refractivity contribution is 6.31. The largest absolute Gasteiger partial charge is 0.370 e. The van der Waals surface area contributed by atoms with E-state index in [1.807, 2.05) is 68.0 Å². The van der Waals surface area contributed by atoms with E-state index in [-0.39, 0.29) is 11.9 Å². The summed E-state index contributed by atoms with van der Waals surface area (Å²) in [5.41, 5.74) is 4.28. The van der Waals surface area contributed by atoms with Crippen LogP contribution in [0.2, 0.25) is 5.02 Å². The van der Waals surface area contributed by atoms with Crippen molar-refractivity contribution in [3.05, 3.63) is 82.1 Å². The van der Waals surface area contributed by atoms with Crippen molar-refractivity contribution >= 4 is 23.2 Å². The van der Waals surface area contributed by atoms with Crippen LogP contribution in [0.15, 0.2) is 54.6 Å². The lowest BCUT2D eigenvalue weighted by molar-refractivity contribution is 0.0950. The molecule has 0 radical (unpaired) electrons. The molecule has 0 aliphatic carbocycles. The third-order valence-electron chi connectivity index (χ3n) is 5.27. The number of hydrogen-bond donors (Lipinski definition) is 1. The van der Waals surface area contributed by atoms with Gasteiger partial charge in [-0.25, -0.2) is 0 Å². The standard InChI is InChI=1S/C23H27ClN4O/c1-16(27(4)20-11-6-5-7-12-20)14-25-23(29)22-17(2)26-28(18(22)3)15-19-10-8-9-13-21(19)24/h5-13,16H,14-15H2,1-4H3,(H,25,29). The lowest BCUT2D eigenvalue weighted by Gasteiger charge is -2.27. The van der Waals surface area contributed by atoms with E-state index in [1.165, 1.54) is 0 Å². The van der Waals surface area contributed by atoms with Crippen molar-refractivity contribution in [3.63, 3.8) is 0 Å². The Morgan fingerprint density at radius 3 is 2.48 bits per heavy atom. The maximum absolute atomic E-state index is 12.9. The minimum atomic E-state index is -0.0984. The van der Waals surface area contributed by atoms with Crippen LogP contribution in [0.5, 0.6) is 0 Å². The normalized spacial score (nSPS) is 11.9. The number of aromatic nitrogens is 2. The molecule has 0 aliphatic heterocycles. The highest BCUT2D eigenvalue weighted by Gasteiger charge is 2.20. The van der Waals surface area contributed by atoms with Crippen molar-refractivity contribution < 1.29 is 4.79 Å². The van der Waals surface area contributed by atoms with Crippen molar-refractivity contribution in [1.29, 1.82) is 0 Å². The third-order valence-corrected chi connectivity index (χ3v) is 5.64. The van der Waals surface area contributed by atoms with Gasteiger partial charge in [0.05, 0.1) is 17.8 Å². The first kappa shape index (κ1) is 20.9. The summed E-state index contributed by atoms with van der Waals surface area (Å²) in [4.78, 5) is 15.0. The average molecular weight is 411 g/mol. The molecule has 0 aliphatic rings. The maximum Gasteiger partial charge on any atom is 0.255 e. The van der Waals surface area contributed by atoms with E-state index < -0.39 is 0 Å². The fourth-order valence-corrected chi connectivity index (χ4v) is 3.55. The molecular weight excluding hydrogens is 384 g/mol. The summed E-state index contributed by atoms with van der Waals surface area (Å²) in [7, 11) is 2.03.